The number of nitrogens with one attached hydrogen (secondary N) is 1. The smallest absolute Gasteiger partial charge is 0.321 e. The molecule has 0 saturated heterocycles. The Kier molecular flexibility index (Phi) is 2.58. The van der Waals surface area contributed by atoms with Gasteiger partial charge in [-0.05, 0) is 60.3 Å². The fourth-order valence-corrected chi connectivity index (χ4v) is 3.88. The topological polar surface area (TPSA) is 52.6 Å². The highest BCUT2D eigenvalue weighted by Gasteiger charge is 2.47. The van der Waals surface area contributed by atoms with Gasteiger partial charge in [0, 0.05) is 19.3 Å². The summed E-state index contributed by atoms with van der Waals surface area (Å²) in [4.78, 5) is 13.2. The second-order valence-electron chi connectivity index (χ2n) is 6.63. The van der Waals surface area contributed by atoms with Crippen molar-refractivity contribution in [3.8, 4) is 0 Å². The molecule has 2 amide bonds. The van der Waals surface area contributed by atoms with E-state index < -0.39 is 0 Å². The molecule has 1 aliphatic heterocycles. The summed E-state index contributed by atoms with van der Waals surface area (Å²) >= 11 is 0. The monoisotopic (exact) mass is 272 g/mol. The zero-order valence-corrected chi connectivity index (χ0v) is 11.7. The van der Waals surface area contributed by atoms with Gasteiger partial charge in [-0.25, -0.2) is 4.79 Å². The third-order valence-corrected chi connectivity index (χ3v) is 5.19. The van der Waals surface area contributed by atoms with Crippen LogP contribution < -0.4 is 5.32 Å². The number of nitrogens with zero attached hydrogens (tertiary/aromatic N) is 1. The quantitative estimate of drug-likeness (QED) is 0.869. The van der Waals surface area contributed by atoms with Crippen LogP contribution in [0.5, 0.6) is 0 Å². The number of aliphatic hydroxyl groups is 1. The molecule has 0 radical (unpaired) electrons. The van der Waals surface area contributed by atoms with Gasteiger partial charge in [-0.3, -0.25) is 0 Å². The minimum absolute atomic E-state index is 0.0679. The van der Waals surface area contributed by atoms with E-state index in [1.54, 1.807) is 11.9 Å². The molecule has 2 aliphatic carbocycles. The summed E-state index contributed by atoms with van der Waals surface area (Å²) in [7, 11) is 1.78. The molecule has 1 aromatic carbocycles. The van der Waals surface area contributed by atoms with E-state index in [0.717, 1.165) is 28.7 Å². The van der Waals surface area contributed by atoms with Gasteiger partial charge in [0.05, 0.1) is 6.10 Å². The number of hydrogen-bond donors (Lipinski definition) is 2. The van der Waals surface area contributed by atoms with Crippen molar-refractivity contribution in [1.82, 2.24) is 4.90 Å². The molecular formula is C16H20N2O2. The summed E-state index contributed by atoms with van der Waals surface area (Å²) in [6, 6.07) is 5.87. The predicted molar refractivity (Wildman–Crippen MR) is 76.2 cm³/mol. The van der Waals surface area contributed by atoms with Crippen LogP contribution in [0.4, 0.5) is 10.5 Å². The molecule has 4 rings (SSSR count). The zero-order chi connectivity index (χ0) is 13.9. The summed E-state index contributed by atoms with van der Waals surface area (Å²) in [5.41, 5.74) is 2.96. The van der Waals surface area contributed by atoms with E-state index in [9.17, 15) is 9.90 Å². The van der Waals surface area contributed by atoms with Crippen LogP contribution in [0.3, 0.4) is 0 Å². The van der Waals surface area contributed by atoms with Gasteiger partial charge in [0.2, 0.25) is 0 Å². The minimum Gasteiger partial charge on any atom is -0.388 e. The lowest BCUT2D eigenvalue weighted by Crippen LogP contribution is -2.35. The summed E-state index contributed by atoms with van der Waals surface area (Å²) in [5.74, 6) is 2.20. The fraction of sp³-hybridized carbons (Fsp3) is 0.562. The number of carbonyl (C=O) groups excluding carboxylic acids is 1. The van der Waals surface area contributed by atoms with Crippen molar-refractivity contribution in [3.05, 3.63) is 29.3 Å². The molecule has 106 valence electrons. The first-order chi connectivity index (χ1) is 9.61. The number of carbonyl (C=O) groups is 1. The predicted octanol–water partition coefficient (Wildman–Crippen LogP) is 2.74. The largest absolute Gasteiger partial charge is 0.388 e. The molecule has 1 aromatic rings. The highest BCUT2D eigenvalue weighted by atomic mass is 16.3. The molecule has 0 spiro atoms. The van der Waals surface area contributed by atoms with E-state index in [4.69, 9.17) is 0 Å². The standard InChI is InChI=1S/C16H20N2O2/c1-18-8-13-4-9(2-3-14(13)17-16(18)20)15(19)12-6-10-5-11(10)7-12/h2-4,10-12,15,19H,5-8H2,1H3,(H,17,20). The number of fused-ring (bicyclic) bond motifs is 2. The Morgan fingerprint density at radius 3 is 2.80 bits per heavy atom. The number of aliphatic hydroxyl groups excluding tert-OH is 1. The molecule has 2 fully saturated rings. The molecule has 0 bridgehead atoms. The average Bonchev–Trinajstić information content (AvgIpc) is 3.05. The van der Waals surface area contributed by atoms with Crippen LogP contribution in [0, 0.1) is 17.8 Å². The van der Waals surface area contributed by atoms with Crippen LogP contribution in [-0.2, 0) is 6.54 Å². The zero-order valence-electron chi connectivity index (χ0n) is 11.7. The highest BCUT2D eigenvalue weighted by molar-refractivity contribution is 5.92. The molecule has 3 unspecified atom stereocenters. The molecule has 4 nitrogen and oxygen atoms in total. The molecular weight excluding hydrogens is 252 g/mol. The fourth-order valence-electron chi connectivity index (χ4n) is 3.88. The van der Waals surface area contributed by atoms with Crippen molar-refractivity contribution in [3.63, 3.8) is 0 Å². The van der Waals surface area contributed by atoms with E-state index >= 15 is 0 Å². The molecule has 0 aromatic heterocycles. The summed E-state index contributed by atoms with van der Waals surface area (Å²) in [5, 5.41) is 13.4. The van der Waals surface area contributed by atoms with Crippen molar-refractivity contribution in [2.45, 2.75) is 31.9 Å². The summed E-state index contributed by atoms with van der Waals surface area (Å²) in [6.45, 7) is 0.609. The molecule has 1 heterocycles. The maximum absolute atomic E-state index is 11.6. The van der Waals surface area contributed by atoms with Crippen molar-refractivity contribution < 1.29 is 9.90 Å². The van der Waals surface area contributed by atoms with E-state index in [1.165, 1.54) is 19.3 Å². The summed E-state index contributed by atoms with van der Waals surface area (Å²) < 4.78 is 0. The number of hydrogen-bond acceptors (Lipinski definition) is 2. The number of benzene rings is 1. The van der Waals surface area contributed by atoms with Gasteiger partial charge in [0.1, 0.15) is 0 Å². The van der Waals surface area contributed by atoms with Gasteiger partial charge in [-0.15, -0.1) is 0 Å². The number of anilines is 1. The van der Waals surface area contributed by atoms with Gasteiger partial charge in [0.25, 0.3) is 0 Å². The Labute approximate surface area is 118 Å². The van der Waals surface area contributed by atoms with Gasteiger partial charge in [-0.1, -0.05) is 6.07 Å². The van der Waals surface area contributed by atoms with E-state index in [1.807, 2.05) is 12.1 Å². The van der Waals surface area contributed by atoms with Crippen LogP contribution in [0.25, 0.3) is 0 Å². The second-order valence-corrected chi connectivity index (χ2v) is 6.63. The Balaban J connectivity index is 1.57. The molecule has 4 heteroatoms. The molecule has 3 aliphatic rings. The summed E-state index contributed by atoms with van der Waals surface area (Å²) in [6.07, 6.45) is 3.39. The Bertz CT molecular complexity index is 562. The maximum atomic E-state index is 11.6. The Morgan fingerprint density at radius 1 is 1.30 bits per heavy atom. The van der Waals surface area contributed by atoms with Crippen LogP contribution >= 0.6 is 0 Å². The number of amides is 2. The van der Waals surface area contributed by atoms with E-state index in [-0.39, 0.29) is 12.1 Å². The van der Waals surface area contributed by atoms with Gasteiger partial charge >= 0.3 is 6.03 Å². The Morgan fingerprint density at radius 2 is 2.05 bits per heavy atom. The van der Waals surface area contributed by atoms with Crippen LogP contribution in [0.15, 0.2) is 18.2 Å². The van der Waals surface area contributed by atoms with Crippen LogP contribution in [0.2, 0.25) is 0 Å². The van der Waals surface area contributed by atoms with Crippen molar-refractivity contribution in [2.75, 3.05) is 12.4 Å². The maximum Gasteiger partial charge on any atom is 0.321 e. The van der Waals surface area contributed by atoms with Crippen molar-refractivity contribution in [1.29, 1.82) is 0 Å². The minimum atomic E-state index is -0.351. The Hall–Kier alpha value is -1.55. The van der Waals surface area contributed by atoms with Crippen LogP contribution in [-0.4, -0.2) is 23.1 Å². The SMILES string of the molecule is CN1Cc2cc(C(O)C3CC4CC4C3)ccc2NC1=O. The first kappa shape index (κ1) is 12.2. The second kappa shape index (κ2) is 4.22. The third kappa shape index (κ3) is 1.90. The van der Waals surface area contributed by atoms with Gasteiger partial charge < -0.3 is 15.3 Å². The number of urea groups is 1. The molecule has 2 saturated carbocycles. The normalized spacial score (nSPS) is 32.4. The lowest BCUT2D eigenvalue weighted by atomic mass is 9.90. The van der Waals surface area contributed by atoms with Gasteiger partial charge in [0.15, 0.2) is 0 Å². The first-order valence-corrected chi connectivity index (χ1v) is 7.45. The lowest BCUT2D eigenvalue weighted by Gasteiger charge is -2.27. The highest BCUT2D eigenvalue weighted by Crippen LogP contribution is 2.57. The molecule has 20 heavy (non-hydrogen) atoms. The average molecular weight is 272 g/mol. The first-order valence-electron chi connectivity index (χ1n) is 7.45. The van der Waals surface area contributed by atoms with Gasteiger partial charge in [-0.2, -0.15) is 0 Å². The van der Waals surface area contributed by atoms with E-state index in [0.29, 0.717) is 12.5 Å². The lowest BCUT2D eigenvalue weighted by molar-refractivity contribution is 0.104. The van der Waals surface area contributed by atoms with E-state index in [2.05, 4.69) is 11.4 Å². The van der Waals surface area contributed by atoms with Crippen molar-refractivity contribution in [2.24, 2.45) is 17.8 Å². The molecule has 3 atom stereocenters. The van der Waals surface area contributed by atoms with Crippen LogP contribution in [0.1, 0.15) is 36.5 Å². The third-order valence-electron chi connectivity index (χ3n) is 5.19. The number of rotatable bonds is 2. The van der Waals surface area contributed by atoms with Crippen molar-refractivity contribution >= 4 is 11.7 Å². The molecule has 2 N–H and O–H groups in total.